The van der Waals surface area contributed by atoms with Crippen LogP contribution in [0.5, 0.6) is 0 Å². The summed E-state index contributed by atoms with van der Waals surface area (Å²) in [7, 11) is 0. The van der Waals surface area contributed by atoms with E-state index in [1.54, 1.807) is 18.5 Å². The van der Waals surface area contributed by atoms with Gasteiger partial charge >= 0.3 is 11.7 Å². The predicted molar refractivity (Wildman–Crippen MR) is 87.8 cm³/mol. The van der Waals surface area contributed by atoms with Gasteiger partial charge in [-0.3, -0.25) is 19.3 Å². The largest absolute Gasteiger partial charge is 0.465 e. The Hall–Kier alpha value is -3.01. The Kier molecular flexibility index (Phi) is 5.52. The third kappa shape index (κ3) is 4.98. The first-order valence-corrected chi connectivity index (χ1v) is 8.27. The molecule has 128 valence electrons. The van der Waals surface area contributed by atoms with E-state index in [2.05, 4.69) is 29.6 Å². The first-order chi connectivity index (χ1) is 12.2. The maximum Gasteiger partial charge on any atom is 0.438 e. The van der Waals surface area contributed by atoms with Crippen LogP contribution >= 0.6 is 11.8 Å². The number of hydrogen-bond acceptors (Lipinski definition) is 9. The van der Waals surface area contributed by atoms with Crippen molar-refractivity contribution in [2.45, 2.75) is 11.6 Å². The molecule has 3 rings (SSSR count). The summed E-state index contributed by atoms with van der Waals surface area (Å²) in [6.45, 7) is 0.0939. The third-order valence-corrected chi connectivity index (χ3v) is 3.80. The maximum atomic E-state index is 11.7. The SMILES string of the molecule is O=C(CSc1nccc(-c2ccccn2)n1)OCCc1noc(=O)[nH]1. The van der Waals surface area contributed by atoms with E-state index in [-0.39, 0.29) is 18.8 Å². The lowest BCUT2D eigenvalue weighted by Crippen LogP contribution is -2.11. The lowest BCUT2D eigenvalue weighted by molar-refractivity contribution is -0.140. The lowest BCUT2D eigenvalue weighted by atomic mass is 10.3. The van der Waals surface area contributed by atoms with E-state index in [0.29, 0.717) is 16.7 Å². The molecule has 1 N–H and O–H groups in total. The van der Waals surface area contributed by atoms with E-state index >= 15 is 0 Å². The molecule has 0 saturated carbocycles. The smallest absolute Gasteiger partial charge is 0.438 e. The fourth-order valence-electron chi connectivity index (χ4n) is 1.86. The molecule has 0 radical (unpaired) electrons. The van der Waals surface area contributed by atoms with Crippen molar-refractivity contribution in [2.75, 3.05) is 12.4 Å². The van der Waals surface area contributed by atoms with Crippen LogP contribution in [0.25, 0.3) is 11.4 Å². The van der Waals surface area contributed by atoms with Gasteiger partial charge in [0.1, 0.15) is 0 Å². The monoisotopic (exact) mass is 359 g/mol. The number of hydrogen-bond donors (Lipinski definition) is 1. The molecule has 0 atom stereocenters. The van der Waals surface area contributed by atoms with Crippen molar-refractivity contribution in [1.29, 1.82) is 0 Å². The average molecular weight is 359 g/mol. The second-order valence-corrected chi connectivity index (χ2v) is 5.68. The Labute approximate surface area is 145 Å². The van der Waals surface area contributed by atoms with Crippen molar-refractivity contribution in [3.8, 4) is 11.4 Å². The molecule has 9 nitrogen and oxygen atoms in total. The summed E-state index contributed by atoms with van der Waals surface area (Å²) in [5.74, 6) is -0.651. The molecule has 0 aromatic carbocycles. The Morgan fingerprint density at radius 2 is 2.12 bits per heavy atom. The summed E-state index contributed by atoms with van der Waals surface area (Å²) in [5, 5.41) is 3.94. The number of carbonyl (C=O) groups excluding carboxylic acids is 1. The molecular formula is C15H13N5O4S. The van der Waals surface area contributed by atoms with Gasteiger partial charge in [0, 0.05) is 18.8 Å². The minimum absolute atomic E-state index is 0.0704. The summed E-state index contributed by atoms with van der Waals surface area (Å²) in [4.78, 5) is 37.6. The van der Waals surface area contributed by atoms with Gasteiger partial charge in [0.2, 0.25) is 0 Å². The standard InChI is InChI=1S/C15H13N5O4S/c21-13(23-8-5-12-19-15(22)24-20-12)9-25-14-17-7-4-11(18-14)10-3-1-2-6-16-10/h1-4,6-7H,5,8-9H2,(H,19,20,22). The van der Waals surface area contributed by atoms with Gasteiger partial charge in [-0.1, -0.05) is 23.0 Å². The lowest BCUT2D eigenvalue weighted by Gasteiger charge is -2.04. The van der Waals surface area contributed by atoms with Crippen LogP contribution in [0.3, 0.4) is 0 Å². The van der Waals surface area contributed by atoms with E-state index in [1.807, 2.05) is 18.2 Å². The van der Waals surface area contributed by atoms with E-state index in [0.717, 1.165) is 5.69 Å². The fraction of sp³-hybridized carbons (Fsp3) is 0.200. The number of nitrogens with one attached hydrogen (secondary N) is 1. The summed E-state index contributed by atoms with van der Waals surface area (Å²) in [6, 6.07) is 7.30. The highest BCUT2D eigenvalue weighted by atomic mass is 32.2. The molecule has 0 amide bonds. The number of pyridine rings is 1. The molecule has 3 aromatic heterocycles. The number of thioether (sulfide) groups is 1. The highest BCUT2D eigenvalue weighted by Gasteiger charge is 2.09. The molecule has 25 heavy (non-hydrogen) atoms. The maximum absolute atomic E-state index is 11.7. The molecule has 0 fully saturated rings. The molecule has 0 aliphatic carbocycles. The van der Waals surface area contributed by atoms with Gasteiger partial charge in [0.15, 0.2) is 11.0 Å². The fourth-order valence-corrected chi connectivity index (χ4v) is 2.49. The minimum atomic E-state index is -0.637. The van der Waals surface area contributed by atoms with E-state index < -0.39 is 11.7 Å². The average Bonchev–Trinajstić information content (AvgIpc) is 3.06. The highest BCUT2D eigenvalue weighted by molar-refractivity contribution is 7.99. The molecule has 0 aliphatic heterocycles. The van der Waals surface area contributed by atoms with Crippen LogP contribution in [0.2, 0.25) is 0 Å². The van der Waals surface area contributed by atoms with Crippen molar-refractivity contribution in [3.63, 3.8) is 0 Å². The predicted octanol–water partition coefficient (Wildman–Crippen LogP) is 1.09. The van der Waals surface area contributed by atoms with Crippen molar-refractivity contribution in [3.05, 3.63) is 53.0 Å². The van der Waals surface area contributed by atoms with Crippen molar-refractivity contribution < 1.29 is 14.1 Å². The first-order valence-electron chi connectivity index (χ1n) is 7.28. The van der Waals surface area contributed by atoms with Crippen molar-refractivity contribution >= 4 is 17.7 Å². The van der Waals surface area contributed by atoms with Crippen LogP contribution in [0.1, 0.15) is 5.82 Å². The number of esters is 1. The second kappa shape index (κ2) is 8.20. The normalized spacial score (nSPS) is 10.6. The summed E-state index contributed by atoms with van der Waals surface area (Å²) < 4.78 is 9.41. The molecule has 0 bridgehead atoms. The molecule has 0 saturated heterocycles. The van der Waals surface area contributed by atoms with Crippen LogP contribution in [-0.4, -0.2) is 43.4 Å². The van der Waals surface area contributed by atoms with Gasteiger partial charge in [-0.25, -0.2) is 14.8 Å². The number of aromatic nitrogens is 5. The van der Waals surface area contributed by atoms with Crippen LogP contribution < -0.4 is 5.76 Å². The minimum Gasteiger partial charge on any atom is -0.465 e. The Balaban J connectivity index is 1.48. The summed E-state index contributed by atoms with van der Waals surface area (Å²) >= 11 is 1.17. The Bertz CT molecular complexity index is 896. The molecule has 0 aliphatic rings. The summed E-state index contributed by atoms with van der Waals surface area (Å²) in [6.07, 6.45) is 3.57. The zero-order valence-electron chi connectivity index (χ0n) is 12.9. The number of rotatable bonds is 7. The topological polar surface area (TPSA) is 124 Å². The number of ether oxygens (including phenoxy) is 1. The molecule has 10 heteroatoms. The molecule has 3 heterocycles. The molecule has 0 spiro atoms. The van der Waals surface area contributed by atoms with Gasteiger partial charge in [0.05, 0.1) is 23.7 Å². The van der Waals surface area contributed by atoms with E-state index in [1.165, 1.54) is 11.8 Å². The molecule has 3 aromatic rings. The van der Waals surface area contributed by atoms with Gasteiger partial charge in [-0.2, -0.15) is 0 Å². The molecular weight excluding hydrogens is 346 g/mol. The number of carbonyl (C=O) groups is 1. The van der Waals surface area contributed by atoms with Crippen LogP contribution in [0.15, 0.2) is 51.1 Å². The van der Waals surface area contributed by atoms with Gasteiger partial charge in [0.25, 0.3) is 0 Å². The first kappa shape index (κ1) is 16.8. The van der Waals surface area contributed by atoms with Gasteiger partial charge in [-0.15, -0.1) is 0 Å². The van der Waals surface area contributed by atoms with Crippen molar-refractivity contribution in [2.24, 2.45) is 0 Å². The quantitative estimate of drug-likeness (QED) is 0.375. The van der Waals surface area contributed by atoms with E-state index in [4.69, 9.17) is 4.74 Å². The van der Waals surface area contributed by atoms with Crippen molar-refractivity contribution in [1.82, 2.24) is 25.1 Å². The number of nitrogens with zero attached hydrogens (tertiary/aromatic N) is 4. The van der Waals surface area contributed by atoms with Crippen LogP contribution in [-0.2, 0) is 16.0 Å². The third-order valence-electron chi connectivity index (χ3n) is 2.97. The Morgan fingerprint density at radius 3 is 2.88 bits per heavy atom. The number of H-pyrrole nitrogens is 1. The molecule has 0 unspecified atom stereocenters. The van der Waals surface area contributed by atoms with Crippen LogP contribution in [0, 0.1) is 0 Å². The van der Waals surface area contributed by atoms with Gasteiger partial charge < -0.3 is 4.74 Å². The Morgan fingerprint density at radius 1 is 1.20 bits per heavy atom. The number of aromatic amines is 1. The van der Waals surface area contributed by atoms with Crippen LogP contribution in [0.4, 0.5) is 0 Å². The summed E-state index contributed by atoms with van der Waals surface area (Å²) in [5.41, 5.74) is 1.41. The zero-order chi connectivity index (χ0) is 17.5. The second-order valence-electron chi connectivity index (χ2n) is 4.74. The highest BCUT2D eigenvalue weighted by Crippen LogP contribution is 2.18. The van der Waals surface area contributed by atoms with Gasteiger partial charge in [-0.05, 0) is 18.2 Å². The van der Waals surface area contributed by atoms with E-state index in [9.17, 15) is 9.59 Å². The zero-order valence-corrected chi connectivity index (χ0v) is 13.7.